The molecule has 108 valence electrons. The number of hydrogen-bond acceptors (Lipinski definition) is 4. The van der Waals surface area contributed by atoms with Crippen LogP contribution < -0.4 is 5.73 Å². The number of rotatable bonds is 2. The summed E-state index contributed by atoms with van der Waals surface area (Å²) in [6, 6.07) is 3.64. The van der Waals surface area contributed by atoms with Crippen LogP contribution in [0.1, 0.15) is 16.1 Å². The Morgan fingerprint density at radius 1 is 1.48 bits per heavy atom. The number of aromatic nitrogens is 1. The molecule has 0 aliphatic carbocycles. The number of halogens is 3. The molecule has 21 heavy (non-hydrogen) atoms. The van der Waals surface area contributed by atoms with Crippen LogP contribution >= 0.6 is 11.6 Å². The number of nitrogens with zero attached hydrogens (tertiary/aromatic N) is 2. The van der Waals surface area contributed by atoms with Crippen LogP contribution in [0.5, 0.6) is 0 Å². The van der Waals surface area contributed by atoms with E-state index < -0.39 is 17.6 Å². The molecule has 2 N–H and O–H groups in total. The minimum atomic E-state index is -1.23. The maximum atomic E-state index is 13.9. The fourth-order valence-electron chi connectivity index (χ4n) is 1.82. The monoisotopic (exact) mass is 311 g/mol. The molecule has 0 saturated heterocycles. The molecule has 0 atom stereocenters. The van der Waals surface area contributed by atoms with E-state index in [1.54, 1.807) is 6.07 Å². The smallest absolute Gasteiger partial charge is 0.357 e. The zero-order chi connectivity index (χ0) is 15.7. The van der Waals surface area contributed by atoms with Crippen LogP contribution in [0.3, 0.4) is 0 Å². The number of carbonyl (C=O) groups excluding carboxylic acids is 1. The van der Waals surface area contributed by atoms with Crippen molar-refractivity contribution in [3.8, 4) is 11.8 Å². The Bertz CT molecular complexity index is 781. The van der Waals surface area contributed by atoms with Crippen molar-refractivity contribution < 1.29 is 18.3 Å². The second-order valence-corrected chi connectivity index (χ2v) is 4.44. The third-order valence-corrected chi connectivity index (χ3v) is 3.00. The second kappa shape index (κ2) is 5.42. The highest BCUT2D eigenvalue weighted by atomic mass is 35.5. The first-order chi connectivity index (χ1) is 9.90. The first-order valence-electron chi connectivity index (χ1n) is 5.54. The maximum absolute atomic E-state index is 13.9. The average molecular weight is 312 g/mol. The van der Waals surface area contributed by atoms with Crippen molar-refractivity contribution in [3.05, 3.63) is 46.2 Å². The Balaban J connectivity index is 2.82. The molecule has 2 aromatic rings. The van der Waals surface area contributed by atoms with Crippen LogP contribution in [0.2, 0.25) is 5.02 Å². The van der Waals surface area contributed by atoms with Gasteiger partial charge in [0.05, 0.1) is 24.0 Å². The lowest BCUT2D eigenvalue weighted by Gasteiger charge is -2.10. The van der Waals surface area contributed by atoms with E-state index in [2.05, 4.69) is 4.74 Å². The van der Waals surface area contributed by atoms with Crippen LogP contribution in [0.25, 0.3) is 5.69 Å². The molecule has 8 heteroatoms. The van der Waals surface area contributed by atoms with Gasteiger partial charge in [0.25, 0.3) is 0 Å². The molecule has 1 aromatic carbocycles. The summed E-state index contributed by atoms with van der Waals surface area (Å²) in [5, 5.41) is 8.87. The molecular formula is C13H8ClF2N3O2. The highest BCUT2D eigenvalue weighted by molar-refractivity contribution is 6.30. The molecular weight excluding hydrogens is 304 g/mol. The summed E-state index contributed by atoms with van der Waals surface area (Å²) in [6.07, 6.45) is 1.11. The Kier molecular flexibility index (Phi) is 3.82. The summed E-state index contributed by atoms with van der Waals surface area (Å²) in [6.45, 7) is 0. The van der Waals surface area contributed by atoms with Gasteiger partial charge in [-0.2, -0.15) is 5.26 Å². The van der Waals surface area contributed by atoms with Crippen molar-refractivity contribution in [3.63, 3.8) is 0 Å². The second-order valence-electron chi connectivity index (χ2n) is 4.00. The number of carbonyl (C=O) groups is 1. The first-order valence-corrected chi connectivity index (χ1v) is 5.92. The van der Waals surface area contributed by atoms with Gasteiger partial charge in [-0.15, -0.1) is 0 Å². The third kappa shape index (κ3) is 2.41. The van der Waals surface area contributed by atoms with Gasteiger partial charge in [-0.1, -0.05) is 11.6 Å². The van der Waals surface area contributed by atoms with E-state index in [9.17, 15) is 13.6 Å². The molecule has 0 unspecified atom stereocenters. The lowest BCUT2D eigenvalue weighted by Crippen LogP contribution is -2.12. The van der Waals surface area contributed by atoms with E-state index in [4.69, 9.17) is 22.6 Å². The fraction of sp³-hybridized carbons (Fsp3) is 0.0769. The number of nitrogens with two attached hydrogens (primary N) is 1. The minimum Gasteiger partial charge on any atom is -0.464 e. The van der Waals surface area contributed by atoms with Gasteiger partial charge in [-0.05, 0) is 12.1 Å². The maximum Gasteiger partial charge on any atom is 0.357 e. The number of ether oxygens (including phenoxy) is 1. The van der Waals surface area contributed by atoms with Crippen LogP contribution in [0.15, 0.2) is 18.3 Å². The summed E-state index contributed by atoms with van der Waals surface area (Å²) >= 11 is 5.69. The number of methoxy groups -OCH3 is 1. The summed E-state index contributed by atoms with van der Waals surface area (Å²) in [4.78, 5) is 11.8. The first kappa shape index (κ1) is 14.8. The van der Waals surface area contributed by atoms with E-state index in [0.29, 0.717) is 0 Å². The number of anilines is 1. The number of benzene rings is 1. The van der Waals surface area contributed by atoms with E-state index in [1.165, 1.54) is 0 Å². The summed E-state index contributed by atoms with van der Waals surface area (Å²) in [5.74, 6) is -3.32. The highest BCUT2D eigenvalue weighted by Crippen LogP contribution is 2.28. The van der Waals surface area contributed by atoms with Crippen molar-refractivity contribution in [2.45, 2.75) is 0 Å². The Hall–Kier alpha value is -2.59. The van der Waals surface area contributed by atoms with E-state index in [0.717, 1.165) is 30.0 Å². The van der Waals surface area contributed by atoms with E-state index >= 15 is 0 Å². The molecule has 0 fully saturated rings. The molecule has 0 radical (unpaired) electrons. The molecule has 1 heterocycles. The number of nitriles is 1. The van der Waals surface area contributed by atoms with Gasteiger partial charge in [0.15, 0.2) is 17.3 Å². The molecule has 0 aliphatic heterocycles. The van der Waals surface area contributed by atoms with Gasteiger partial charge in [-0.25, -0.2) is 13.6 Å². The van der Waals surface area contributed by atoms with Gasteiger partial charge in [0.2, 0.25) is 0 Å². The zero-order valence-electron chi connectivity index (χ0n) is 10.7. The topological polar surface area (TPSA) is 81.0 Å². The van der Waals surface area contributed by atoms with Crippen molar-refractivity contribution >= 4 is 23.3 Å². The molecule has 1 aromatic heterocycles. The largest absolute Gasteiger partial charge is 0.464 e. The van der Waals surface area contributed by atoms with Crippen molar-refractivity contribution in [1.29, 1.82) is 5.26 Å². The summed E-state index contributed by atoms with van der Waals surface area (Å²) < 4.78 is 32.8. The predicted molar refractivity (Wildman–Crippen MR) is 71.2 cm³/mol. The van der Waals surface area contributed by atoms with Gasteiger partial charge < -0.3 is 15.0 Å². The van der Waals surface area contributed by atoms with E-state index in [1.807, 2.05) is 0 Å². The SMILES string of the molecule is COC(=O)c1c(N)c(C#N)cn1-c1cc(Cl)cc(F)c1F. The highest BCUT2D eigenvalue weighted by Gasteiger charge is 2.24. The summed E-state index contributed by atoms with van der Waals surface area (Å²) in [5.41, 5.74) is 4.76. The van der Waals surface area contributed by atoms with Gasteiger partial charge in [0.1, 0.15) is 6.07 Å². The Morgan fingerprint density at radius 2 is 2.14 bits per heavy atom. The third-order valence-electron chi connectivity index (χ3n) is 2.78. The number of esters is 1. The van der Waals surface area contributed by atoms with Crippen molar-refractivity contribution in [2.24, 2.45) is 0 Å². The van der Waals surface area contributed by atoms with Crippen LogP contribution in [-0.2, 0) is 4.74 Å². The molecule has 0 bridgehead atoms. The quantitative estimate of drug-likeness (QED) is 0.683. The fourth-order valence-corrected chi connectivity index (χ4v) is 2.02. The molecule has 0 spiro atoms. The van der Waals surface area contributed by atoms with Crippen molar-refractivity contribution in [1.82, 2.24) is 4.57 Å². The predicted octanol–water partition coefficient (Wildman–Crippen LogP) is 2.65. The average Bonchev–Trinajstić information content (AvgIpc) is 2.78. The number of hydrogen-bond donors (Lipinski definition) is 1. The zero-order valence-corrected chi connectivity index (χ0v) is 11.4. The van der Waals surface area contributed by atoms with Crippen LogP contribution in [0.4, 0.5) is 14.5 Å². The minimum absolute atomic E-state index is 0.0739. The van der Waals surface area contributed by atoms with Gasteiger partial charge in [0, 0.05) is 11.2 Å². The standard InChI is InChI=1S/C13H8ClF2N3O2/c1-21-13(20)12-11(18)6(4-17)5-19(12)9-3-7(14)2-8(15)10(9)16/h2-3,5H,18H2,1H3. The van der Waals surface area contributed by atoms with Crippen LogP contribution in [0, 0.1) is 23.0 Å². The summed E-state index contributed by atoms with van der Waals surface area (Å²) in [7, 11) is 1.10. The normalized spacial score (nSPS) is 10.2. The van der Waals surface area contributed by atoms with E-state index in [-0.39, 0.29) is 27.7 Å². The van der Waals surface area contributed by atoms with Gasteiger partial charge >= 0.3 is 5.97 Å². The number of nitrogen functional groups attached to an aromatic ring is 1. The van der Waals surface area contributed by atoms with Gasteiger partial charge in [-0.3, -0.25) is 0 Å². The molecule has 0 amide bonds. The molecule has 2 rings (SSSR count). The molecule has 0 saturated carbocycles. The lowest BCUT2D eigenvalue weighted by atomic mass is 10.2. The van der Waals surface area contributed by atoms with Crippen LogP contribution in [-0.4, -0.2) is 17.6 Å². The Morgan fingerprint density at radius 3 is 2.71 bits per heavy atom. The Labute approximate surface area is 123 Å². The molecule has 0 aliphatic rings. The molecule has 5 nitrogen and oxygen atoms in total. The lowest BCUT2D eigenvalue weighted by molar-refractivity contribution is 0.0593. The van der Waals surface area contributed by atoms with Crippen molar-refractivity contribution in [2.75, 3.05) is 12.8 Å².